The number of fused-ring (bicyclic) bond motifs is 1. The fourth-order valence-electron chi connectivity index (χ4n) is 1.91. The predicted molar refractivity (Wildman–Crippen MR) is 71.1 cm³/mol. The van der Waals surface area contributed by atoms with Gasteiger partial charge in [0.15, 0.2) is 11.0 Å². The number of hydrogen-bond donors (Lipinski definition) is 1. The molecule has 0 saturated heterocycles. The molecule has 96 valence electrons. The van der Waals surface area contributed by atoms with Crippen LogP contribution < -0.4 is 5.32 Å². The molecule has 0 aromatic heterocycles. The number of amides is 1. The molecule has 2 rings (SSSR count). The van der Waals surface area contributed by atoms with Crippen molar-refractivity contribution in [1.82, 2.24) is 0 Å². The average Bonchev–Trinajstić information content (AvgIpc) is 2.36. The first-order chi connectivity index (χ1) is 8.65. The Labute approximate surface area is 108 Å². The van der Waals surface area contributed by atoms with Crippen LogP contribution in [-0.4, -0.2) is 26.9 Å². The van der Waals surface area contributed by atoms with Gasteiger partial charge in [0.05, 0.1) is 5.69 Å². The quantitative estimate of drug-likeness (QED) is 0.843. The van der Waals surface area contributed by atoms with Crippen molar-refractivity contribution < 1.29 is 13.8 Å². The van der Waals surface area contributed by atoms with Crippen molar-refractivity contribution in [3.8, 4) is 0 Å². The van der Waals surface area contributed by atoms with Crippen LogP contribution in [0, 0.1) is 0 Å². The molecule has 4 nitrogen and oxygen atoms in total. The highest BCUT2D eigenvalue weighted by molar-refractivity contribution is 7.87. The minimum Gasteiger partial charge on any atom is -0.324 e. The summed E-state index contributed by atoms with van der Waals surface area (Å²) in [6.07, 6.45) is 1.65. The van der Waals surface area contributed by atoms with E-state index in [1.165, 1.54) is 0 Å². The molecular weight excluding hydrogens is 250 g/mol. The maximum absolute atomic E-state index is 12.2. The normalized spacial score (nSPS) is 20.2. The Morgan fingerprint density at radius 2 is 2.00 bits per heavy atom. The number of nitrogens with one attached hydrogen (secondary N) is 1. The van der Waals surface area contributed by atoms with E-state index in [0.29, 0.717) is 17.0 Å². The second-order valence-corrected chi connectivity index (χ2v) is 5.86. The van der Waals surface area contributed by atoms with E-state index in [0.717, 1.165) is 12.8 Å². The zero-order chi connectivity index (χ0) is 13.1. The Morgan fingerprint density at radius 1 is 1.28 bits per heavy atom. The monoisotopic (exact) mass is 265 g/mol. The molecule has 1 aromatic carbocycles. The Morgan fingerprint density at radius 3 is 2.72 bits per heavy atom. The van der Waals surface area contributed by atoms with Gasteiger partial charge in [-0.1, -0.05) is 25.5 Å². The first kappa shape index (κ1) is 13.0. The topological polar surface area (TPSA) is 63.2 Å². The van der Waals surface area contributed by atoms with Crippen LogP contribution in [0.2, 0.25) is 0 Å². The van der Waals surface area contributed by atoms with E-state index in [1.807, 2.05) is 6.92 Å². The third kappa shape index (κ3) is 2.36. The maximum atomic E-state index is 12.2. The molecule has 0 fully saturated rings. The standard InChI is InChI=1S/C13H15NO3S/c1-2-3-8-18(17)12-11(15)9-6-4-5-7-10(9)14-13(12)16/h4-7,12H,2-3,8H2,1H3,(H,14,16). The van der Waals surface area contributed by atoms with E-state index in [1.54, 1.807) is 24.3 Å². The number of ketones is 1. The molecular formula is C13H15NO3S. The lowest BCUT2D eigenvalue weighted by Gasteiger charge is -2.22. The van der Waals surface area contributed by atoms with Crippen molar-refractivity contribution in [3.05, 3.63) is 29.8 Å². The third-order valence-electron chi connectivity index (χ3n) is 2.89. The highest BCUT2D eigenvalue weighted by atomic mass is 32.2. The van der Waals surface area contributed by atoms with E-state index < -0.39 is 22.0 Å². The van der Waals surface area contributed by atoms with Crippen LogP contribution in [0.4, 0.5) is 5.69 Å². The number of benzene rings is 1. The SMILES string of the molecule is CCCCS(=O)C1C(=O)Nc2ccccc2C1=O. The van der Waals surface area contributed by atoms with Crippen LogP contribution in [0.1, 0.15) is 30.1 Å². The summed E-state index contributed by atoms with van der Waals surface area (Å²) < 4.78 is 12.0. The van der Waals surface area contributed by atoms with Gasteiger partial charge in [0.25, 0.3) is 0 Å². The molecule has 0 spiro atoms. The number of para-hydroxylation sites is 1. The molecule has 0 bridgehead atoms. The van der Waals surface area contributed by atoms with Crippen LogP contribution in [0.3, 0.4) is 0 Å². The molecule has 1 aliphatic rings. The largest absolute Gasteiger partial charge is 0.324 e. The highest BCUT2D eigenvalue weighted by Crippen LogP contribution is 2.24. The average molecular weight is 265 g/mol. The number of Topliss-reactive ketones (excluding diaryl/α,β-unsaturated/α-hetero) is 1. The van der Waals surface area contributed by atoms with Crippen LogP contribution in [0.25, 0.3) is 0 Å². The Hall–Kier alpha value is -1.49. The van der Waals surface area contributed by atoms with E-state index >= 15 is 0 Å². The molecule has 1 N–H and O–H groups in total. The van der Waals surface area contributed by atoms with Crippen molar-refractivity contribution in [2.45, 2.75) is 25.0 Å². The van der Waals surface area contributed by atoms with Crippen molar-refractivity contribution in [1.29, 1.82) is 0 Å². The fraction of sp³-hybridized carbons (Fsp3) is 0.385. The molecule has 0 saturated carbocycles. The van der Waals surface area contributed by atoms with Gasteiger partial charge in [-0.3, -0.25) is 13.8 Å². The molecule has 1 heterocycles. The number of carbonyl (C=O) groups excluding carboxylic acids is 2. The number of rotatable bonds is 4. The minimum atomic E-state index is -1.44. The molecule has 2 unspecified atom stereocenters. The van der Waals surface area contributed by atoms with Crippen LogP contribution >= 0.6 is 0 Å². The zero-order valence-electron chi connectivity index (χ0n) is 10.1. The van der Waals surface area contributed by atoms with Gasteiger partial charge in [0.2, 0.25) is 5.91 Å². The summed E-state index contributed by atoms with van der Waals surface area (Å²) in [5.41, 5.74) is 0.961. The molecule has 1 aromatic rings. The van der Waals surface area contributed by atoms with Crippen molar-refractivity contribution in [3.63, 3.8) is 0 Å². The number of anilines is 1. The van der Waals surface area contributed by atoms with Crippen molar-refractivity contribution in [2.75, 3.05) is 11.1 Å². The van der Waals surface area contributed by atoms with Crippen LogP contribution in [-0.2, 0) is 15.6 Å². The maximum Gasteiger partial charge on any atom is 0.248 e. The van der Waals surface area contributed by atoms with Gasteiger partial charge in [-0.25, -0.2) is 0 Å². The van der Waals surface area contributed by atoms with Crippen LogP contribution in [0.5, 0.6) is 0 Å². The molecule has 18 heavy (non-hydrogen) atoms. The second kappa shape index (κ2) is 5.44. The third-order valence-corrected chi connectivity index (χ3v) is 4.53. The van der Waals surface area contributed by atoms with Gasteiger partial charge < -0.3 is 5.32 Å². The van der Waals surface area contributed by atoms with E-state index in [2.05, 4.69) is 5.32 Å². The molecule has 0 radical (unpaired) electrons. The second-order valence-electron chi connectivity index (χ2n) is 4.22. The summed E-state index contributed by atoms with van der Waals surface area (Å²) in [5, 5.41) is 1.60. The van der Waals surface area contributed by atoms with Gasteiger partial charge >= 0.3 is 0 Å². The van der Waals surface area contributed by atoms with E-state index in [4.69, 9.17) is 0 Å². The summed E-state index contributed by atoms with van der Waals surface area (Å²) in [5.74, 6) is -0.389. The van der Waals surface area contributed by atoms with E-state index in [-0.39, 0.29) is 5.78 Å². The van der Waals surface area contributed by atoms with Gasteiger partial charge in [0, 0.05) is 22.1 Å². The summed E-state index contributed by atoms with van der Waals surface area (Å²) in [4.78, 5) is 24.0. The van der Waals surface area contributed by atoms with Gasteiger partial charge in [-0.2, -0.15) is 0 Å². The molecule has 0 aliphatic carbocycles. The van der Waals surface area contributed by atoms with Gasteiger partial charge in [0.1, 0.15) is 0 Å². The zero-order valence-corrected chi connectivity index (χ0v) is 11.0. The Bertz CT molecular complexity index is 513. The predicted octanol–water partition coefficient (Wildman–Crippen LogP) is 1.74. The smallest absolute Gasteiger partial charge is 0.248 e. The lowest BCUT2D eigenvalue weighted by molar-refractivity contribution is -0.115. The lowest BCUT2D eigenvalue weighted by atomic mass is 10.0. The molecule has 2 atom stereocenters. The molecule has 1 aliphatic heterocycles. The first-order valence-electron chi connectivity index (χ1n) is 5.96. The van der Waals surface area contributed by atoms with Crippen molar-refractivity contribution >= 4 is 28.2 Å². The minimum absolute atomic E-state index is 0.330. The Balaban J connectivity index is 2.27. The summed E-state index contributed by atoms with van der Waals surface area (Å²) in [6.45, 7) is 1.98. The Kier molecular flexibility index (Phi) is 3.91. The first-order valence-corrected chi connectivity index (χ1v) is 7.34. The van der Waals surface area contributed by atoms with Crippen molar-refractivity contribution in [2.24, 2.45) is 0 Å². The van der Waals surface area contributed by atoms with E-state index in [9.17, 15) is 13.8 Å². The summed E-state index contributed by atoms with van der Waals surface area (Å²) in [6, 6.07) is 6.82. The molecule has 5 heteroatoms. The fourth-order valence-corrected chi connectivity index (χ4v) is 3.38. The number of carbonyl (C=O) groups is 2. The lowest BCUT2D eigenvalue weighted by Crippen LogP contribution is -2.43. The summed E-state index contributed by atoms with van der Waals surface area (Å²) >= 11 is 0. The van der Waals surface area contributed by atoms with Crippen LogP contribution in [0.15, 0.2) is 24.3 Å². The molecule has 1 amide bonds. The van der Waals surface area contributed by atoms with Gasteiger partial charge in [-0.05, 0) is 18.6 Å². The number of hydrogen-bond acceptors (Lipinski definition) is 3. The summed E-state index contributed by atoms with van der Waals surface area (Å²) in [7, 11) is -1.44. The highest BCUT2D eigenvalue weighted by Gasteiger charge is 2.38. The number of unbranched alkanes of at least 4 members (excludes halogenated alkanes) is 1. The van der Waals surface area contributed by atoms with Gasteiger partial charge in [-0.15, -0.1) is 0 Å².